The van der Waals surface area contributed by atoms with Gasteiger partial charge in [0.05, 0.1) is 19.0 Å². The predicted octanol–water partition coefficient (Wildman–Crippen LogP) is 3.14. The maximum atomic E-state index is 11.5. The molecule has 0 radical (unpaired) electrons. The van der Waals surface area contributed by atoms with Gasteiger partial charge in [0.2, 0.25) is 10.0 Å². The molecule has 4 nitrogen and oxygen atoms in total. The Morgan fingerprint density at radius 1 is 1.30 bits per heavy atom. The molecule has 0 aliphatic heterocycles. The van der Waals surface area contributed by atoms with E-state index in [9.17, 15) is 8.42 Å². The average Bonchev–Trinajstić information content (AvgIpc) is 2.80. The molecule has 1 rings (SSSR count). The van der Waals surface area contributed by atoms with E-state index in [-0.39, 0.29) is 11.2 Å². The lowest BCUT2D eigenvalue weighted by atomic mass is 9.82. The van der Waals surface area contributed by atoms with Gasteiger partial charge in [-0.25, -0.2) is 13.6 Å². The van der Waals surface area contributed by atoms with Crippen LogP contribution in [0.5, 0.6) is 0 Å². The van der Waals surface area contributed by atoms with Gasteiger partial charge < -0.3 is 4.74 Å². The van der Waals surface area contributed by atoms with Crippen LogP contribution >= 0.6 is 11.3 Å². The number of sulfonamides is 1. The van der Waals surface area contributed by atoms with Crippen LogP contribution in [0.15, 0.2) is 17.5 Å². The molecule has 20 heavy (non-hydrogen) atoms. The van der Waals surface area contributed by atoms with Crippen molar-refractivity contribution in [1.82, 2.24) is 0 Å². The zero-order chi connectivity index (χ0) is 15.1. The second-order valence-electron chi connectivity index (χ2n) is 5.38. The SMILES string of the molecule is CCCC(CCC)(COCc1cccs1)CS(N)(=O)=O. The summed E-state index contributed by atoms with van der Waals surface area (Å²) in [5.41, 5.74) is -0.353. The highest BCUT2D eigenvalue weighted by atomic mass is 32.2. The first-order chi connectivity index (χ1) is 9.41. The van der Waals surface area contributed by atoms with Crippen molar-refractivity contribution in [2.75, 3.05) is 12.4 Å². The number of rotatable bonds is 10. The smallest absolute Gasteiger partial charge is 0.209 e. The summed E-state index contributed by atoms with van der Waals surface area (Å²) in [5.74, 6) is 0.00607. The molecule has 0 bridgehead atoms. The number of nitrogens with two attached hydrogens (primary N) is 1. The number of ether oxygens (including phenoxy) is 1. The van der Waals surface area contributed by atoms with Crippen molar-refractivity contribution < 1.29 is 13.2 Å². The molecular formula is C14H25NO3S2. The van der Waals surface area contributed by atoms with Crippen molar-refractivity contribution >= 4 is 21.4 Å². The lowest BCUT2D eigenvalue weighted by molar-refractivity contribution is 0.0351. The lowest BCUT2D eigenvalue weighted by Gasteiger charge is -2.32. The summed E-state index contributed by atoms with van der Waals surface area (Å²) in [6, 6.07) is 4.00. The van der Waals surface area contributed by atoms with Crippen LogP contribution in [-0.4, -0.2) is 20.8 Å². The molecule has 0 amide bonds. The normalized spacial score (nSPS) is 12.8. The van der Waals surface area contributed by atoms with E-state index in [1.54, 1.807) is 11.3 Å². The highest BCUT2D eigenvalue weighted by Crippen LogP contribution is 2.32. The van der Waals surface area contributed by atoms with E-state index in [0.29, 0.717) is 13.2 Å². The van der Waals surface area contributed by atoms with Crippen LogP contribution in [0.3, 0.4) is 0 Å². The van der Waals surface area contributed by atoms with Crippen LogP contribution in [0.1, 0.15) is 44.4 Å². The quantitative estimate of drug-likeness (QED) is 0.720. The van der Waals surface area contributed by atoms with E-state index in [0.717, 1.165) is 30.6 Å². The van der Waals surface area contributed by atoms with Crippen molar-refractivity contribution in [2.24, 2.45) is 10.6 Å². The molecule has 0 saturated carbocycles. The van der Waals surface area contributed by atoms with E-state index in [2.05, 4.69) is 13.8 Å². The first kappa shape index (κ1) is 17.6. The van der Waals surface area contributed by atoms with Gasteiger partial charge in [-0.15, -0.1) is 11.3 Å². The molecule has 1 aromatic rings. The average molecular weight is 319 g/mol. The van der Waals surface area contributed by atoms with E-state index >= 15 is 0 Å². The molecule has 0 aromatic carbocycles. The molecule has 0 unspecified atom stereocenters. The van der Waals surface area contributed by atoms with Crippen molar-refractivity contribution in [3.8, 4) is 0 Å². The molecule has 1 aromatic heterocycles. The number of thiophene rings is 1. The summed E-state index contributed by atoms with van der Waals surface area (Å²) in [4.78, 5) is 1.16. The summed E-state index contributed by atoms with van der Waals surface area (Å²) in [6.07, 6.45) is 3.50. The maximum Gasteiger partial charge on any atom is 0.209 e. The third-order valence-electron chi connectivity index (χ3n) is 3.30. The minimum atomic E-state index is -3.49. The molecular weight excluding hydrogens is 294 g/mol. The summed E-state index contributed by atoms with van der Waals surface area (Å²) in [5, 5.41) is 7.28. The van der Waals surface area contributed by atoms with Crippen molar-refractivity contribution in [3.05, 3.63) is 22.4 Å². The number of primary sulfonamides is 1. The first-order valence-corrected chi connectivity index (χ1v) is 9.61. The van der Waals surface area contributed by atoms with Gasteiger partial charge >= 0.3 is 0 Å². The Kier molecular flexibility index (Phi) is 7.15. The predicted molar refractivity (Wildman–Crippen MR) is 84.2 cm³/mol. The molecule has 0 aliphatic rings. The van der Waals surface area contributed by atoms with E-state index in [4.69, 9.17) is 9.88 Å². The second kappa shape index (κ2) is 8.12. The Bertz CT molecular complexity index is 463. The molecule has 0 fully saturated rings. The molecule has 0 aliphatic carbocycles. The largest absolute Gasteiger partial charge is 0.375 e. The Hall–Kier alpha value is -0.430. The van der Waals surface area contributed by atoms with Crippen LogP contribution in [0, 0.1) is 5.41 Å². The Morgan fingerprint density at radius 3 is 2.40 bits per heavy atom. The molecule has 116 valence electrons. The summed E-state index contributed by atoms with van der Waals surface area (Å²) in [7, 11) is -3.49. The molecule has 0 saturated heterocycles. The molecule has 0 spiro atoms. The van der Waals surface area contributed by atoms with Crippen molar-refractivity contribution in [3.63, 3.8) is 0 Å². The van der Waals surface area contributed by atoms with Gasteiger partial charge in [-0.2, -0.15) is 0 Å². The first-order valence-electron chi connectivity index (χ1n) is 7.01. The molecule has 1 heterocycles. The molecule has 2 N–H and O–H groups in total. The summed E-state index contributed by atoms with van der Waals surface area (Å²) >= 11 is 1.65. The van der Waals surface area contributed by atoms with E-state index in [1.165, 1.54) is 0 Å². The Balaban J connectivity index is 2.68. The van der Waals surface area contributed by atoms with Crippen LogP contribution in [0.4, 0.5) is 0 Å². The second-order valence-corrected chi connectivity index (χ2v) is 8.03. The van der Waals surface area contributed by atoms with Crippen LogP contribution in [0.25, 0.3) is 0 Å². The maximum absolute atomic E-state index is 11.5. The van der Waals surface area contributed by atoms with Gasteiger partial charge in [-0.3, -0.25) is 0 Å². The van der Waals surface area contributed by atoms with Gasteiger partial charge in [0.15, 0.2) is 0 Å². The Morgan fingerprint density at radius 2 is 1.95 bits per heavy atom. The lowest BCUT2D eigenvalue weighted by Crippen LogP contribution is -2.37. The fourth-order valence-corrected chi connectivity index (χ4v) is 4.57. The van der Waals surface area contributed by atoms with Crippen LogP contribution < -0.4 is 5.14 Å². The summed E-state index contributed by atoms with van der Waals surface area (Å²) < 4.78 is 28.8. The van der Waals surface area contributed by atoms with E-state index in [1.807, 2.05) is 17.5 Å². The molecule has 6 heteroatoms. The molecule has 0 atom stereocenters. The highest BCUT2D eigenvalue weighted by Gasteiger charge is 2.33. The van der Waals surface area contributed by atoms with Crippen molar-refractivity contribution in [1.29, 1.82) is 0 Å². The third-order valence-corrected chi connectivity index (χ3v) is 5.17. The van der Waals surface area contributed by atoms with Crippen LogP contribution in [0.2, 0.25) is 0 Å². The van der Waals surface area contributed by atoms with E-state index < -0.39 is 10.0 Å². The monoisotopic (exact) mass is 319 g/mol. The number of hydrogen-bond donors (Lipinski definition) is 1. The standard InChI is InChI=1S/C14H25NO3S2/c1-3-7-14(8-4-2,12-20(15,16)17)11-18-10-13-6-5-9-19-13/h5-6,9H,3-4,7-8,10-12H2,1-2H3,(H2,15,16,17). The minimum absolute atomic E-state index is 0.00607. The topological polar surface area (TPSA) is 69.4 Å². The number of hydrogen-bond acceptors (Lipinski definition) is 4. The van der Waals surface area contributed by atoms with Gasteiger partial charge in [0.1, 0.15) is 0 Å². The van der Waals surface area contributed by atoms with Gasteiger partial charge in [0.25, 0.3) is 0 Å². The van der Waals surface area contributed by atoms with Gasteiger partial charge in [0, 0.05) is 10.3 Å². The van der Waals surface area contributed by atoms with Crippen LogP contribution in [-0.2, 0) is 21.4 Å². The zero-order valence-electron chi connectivity index (χ0n) is 12.3. The zero-order valence-corrected chi connectivity index (χ0v) is 13.9. The minimum Gasteiger partial charge on any atom is -0.375 e. The summed E-state index contributed by atoms with van der Waals surface area (Å²) in [6.45, 7) is 5.11. The fourth-order valence-electron chi connectivity index (χ4n) is 2.71. The van der Waals surface area contributed by atoms with Crippen molar-refractivity contribution in [2.45, 2.75) is 46.1 Å². The third kappa shape index (κ3) is 6.35. The Labute approximate surface area is 126 Å². The van der Waals surface area contributed by atoms with Gasteiger partial charge in [-0.1, -0.05) is 32.8 Å². The highest BCUT2D eigenvalue weighted by molar-refractivity contribution is 7.89. The fraction of sp³-hybridized carbons (Fsp3) is 0.714. The van der Waals surface area contributed by atoms with Gasteiger partial charge in [-0.05, 0) is 24.3 Å².